The van der Waals surface area contributed by atoms with Gasteiger partial charge < -0.3 is 4.90 Å². The van der Waals surface area contributed by atoms with Crippen LogP contribution in [0.4, 0.5) is 5.69 Å². The Bertz CT molecular complexity index is 1320. The smallest absolute Gasteiger partial charge is 0.308 e. The van der Waals surface area contributed by atoms with E-state index in [1.165, 1.54) is 12.1 Å². The molecule has 1 amide bonds. The standard InChI is InChI=1S/C23H27N3O4S2/c1-16-6-7-18(14-17(16)2)24-32(29,30)19-8-9-20-21(15-19)31-23(28)26(20)13-10-22(27)25-11-4-3-5-12-25/h6-9,14-15,24H,3-5,10-13H2,1-2H3. The molecule has 0 spiro atoms. The molecule has 1 N–H and O–H groups in total. The first-order valence-corrected chi connectivity index (χ1v) is 13.1. The third-order valence-corrected chi connectivity index (χ3v) is 8.29. The fourth-order valence-corrected chi connectivity index (χ4v) is 6.06. The largest absolute Gasteiger partial charge is 0.343 e. The number of likely N-dealkylation sites (tertiary alicyclic amines) is 1. The second-order valence-corrected chi connectivity index (χ2v) is 10.9. The molecular formula is C23H27N3O4S2. The van der Waals surface area contributed by atoms with Crippen LogP contribution in [0.3, 0.4) is 0 Å². The average Bonchev–Trinajstić information content (AvgIpc) is 3.09. The van der Waals surface area contributed by atoms with Crippen LogP contribution in [0.2, 0.25) is 0 Å². The molecule has 1 aliphatic rings. The fraction of sp³-hybridized carbons (Fsp3) is 0.391. The van der Waals surface area contributed by atoms with Crippen LogP contribution in [0.1, 0.15) is 36.8 Å². The van der Waals surface area contributed by atoms with Crippen molar-refractivity contribution in [3.8, 4) is 0 Å². The Kier molecular flexibility index (Phi) is 6.39. The number of sulfonamides is 1. The molecule has 0 saturated carbocycles. The summed E-state index contributed by atoms with van der Waals surface area (Å²) in [6.07, 6.45) is 3.48. The van der Waals surface area contributed by atoms with E-state index in [0.29, 0.717) is 22.4 Å². The third kappa shape index (κ3) is 4.73. The van der Waals surface area contributed by atoms with E-state index in [-0.39, 0.29) is 22.1 Å². The van der Waals surface area contributed by atoms with E-state index in [1.807, 2.05) is 24.8 Å². The second-order valence-electron chi connectivity index (χ2n) is 8.25. The minimum Gasteiger partial charge on any atom is -0.343 e. The molecule has 0 atom stereocenters. The van der Waals surface area contributed by atoms with E-state index in [4.69, 9.17) is 0 Å². The lowest BCUT2D eigenvalue weighted by Gasteiger charge is -2.26. The zero-order valence-corrected chi connectivity index (χ0v) is 19.9. The Morgan fingerprint density at radius 3 is 2.50 bits per heavy atom. The minimum atomic E-state index is -3.79. The number of benzene rings is 2. The average molecular weight is 474 g/mol. The molecular weight excluding hydrogens is 446 g/mol. The lowest BCUT2D eigenvalue weighted by molar-refractivity contribution is -0.132. The Labute approximate surface area is 191 Å². The molecule has 2 heterocycles. The van der Waals surface area contributed by atoms with E-state index in [2.05, 4.69) is 4.72 Å². The molecule has 2 aromatic carbocycles. The highest BCUT2D eigenvalue weighted by molar-refractivity contribution is 7.92. The van der Waals surface area contributed by atoms with Crippen LogP contribution in [-0.2, 0) is 21.4 Å². The van der Waals surface area contributed by atoms with Gasteiger partial charge in [-0.3, -0.25) is 18.9 Å². The molecule has 0 bridgehead atoms. The summed E-state index contributed by atoms with van der Waals surface area (Å²) in [5.41, 5.74) is 3.22. The van der Waals surface area contributed by atoms with E-state index in [1.54, 1.807) is 22.8 Å². The number of carbonyl (C=O) groups is 1. The van der Waals surface area contributed by atoms with Gasteiger partial charge in [-0.25, -0.2) is 8.42 Å². The Morgan fingerprint density at radius 2 is 1.78 bits per heavy atom. The van der Waals surface area contributed by atoms with Crippen molar-refractivity contribution in [2.75, 3.05) is 17.8 Å². The van der Waals surface area contributed by atoms with Crippen LogP contribution < -0.4 is 9.60 Å². The quantitative estimate of drug-likeness (QED) is 0.588. The number of hydrogen-bond donors (Lipinski definition) is 1. The summed E-state index contributed by atoms with van der Waals surface area (Å²) >= 11 is 0.997. The van der Waals surface area contributed by atoms with Gasteiger partial charge in [0.05, 0.1) is 15.1 Å². The molecule has 1 aromatic heterocycles. The zero-order valence-electron chi connectivity index (χ0n) is 18.3. The maximum absolute atomic E-state index is 12.9. The number of thiazole rings is 1. The number of rotatable bonds is 6. The Hall–Kier alpha value is -2.65. The third-order valence-electron chi connectivity index (χ3n) is 5.97. The van der Waals surface area contributed by atoms with Gasteiger partial charge in [0, 0.05) is 31.7 Å². The van der Waals surface area contributed by atoms with Crippen molar-refractivity contribution in [2.45, 2.75) is 51.0 Å². The molecule has 1 fully saturated rings. The number of anilines is 1. The SMILES string of the molecule is Cc1ccc(NS(=O)(=O)c2ccc3c(c2)sc(=O)n3CCC(=O)N2CCCCC2)cc1C. The van der Waals surface area contributed by atoms with Crippen LogP contribution in [0.25, 0.3) is 10.2 Å². The molecule has 32 heavy (non-hydrogen) atoms. The fourth-order valence-electron chi connectivity index (χ4n) is 3.95. The minimum absolute atomic E-state index is 0.0627. The summed E-state index contributed by atoms with van der Waals surface area (Å²) in [6, 6.07) is 10.1. The van der Waals surface area contributed by atoms with E-state index in [0.717, 1.165) is 54.8 Å². The highest BCUT2D eigenvalue weighted by atomic mass is 32.2. The molecule has 1 saturated heterocycles. The topological polar surface area (TPSA) is 88.5 Å². The van der Waals surface area contributed by atoms with Gasteiger partial charge in [0.1, 0.15) is 0 Å². The molecule has 0 aliphatic carbocycles. The van der Waals surface area contributed by atoms with E-state index < -0.39 is 10.0 Å². The van der Waals surface area contributed by atoms with Gasteiger partial charge in [-0.15, -0.1) is 0 Å². The number of carbonyl (C=O) groups excluding carboxylic acids is 1. The van der Waals surface area contributed by atoms with Gasteiger partial charge in [0.25, 0.3) is 10.0 Å². The number of aromatic nitrogens is 1. The zero-order chi connectivity index (χ0) is 22.9. The second kappa shape index (κ2) is 9.07. The van der Waals surface area contributed by atoms with Crippen LogP contribution in [0.15, 0.2) is 46.1 Å². The van der Waals surface area contributed by atoms with Crippen LogP contribution >= 0.6 is 11.3 Å². The van der Waals surface area contributed by atoms with Crippen molar-refractivity contribution >= 4 is 43.2 Å². The predicted octanol–water partition coefficient (Wildman–Crippen LogP) is 3.88. The molecule has 3 aromatic rings. The summed E-state index contributed by atoms with van der Waals surface area (Å²) in [7, 11) is -3.79. The molecule has 7 nitrogen and oxygen atoms in total. The Morgan fingerprint density at radius 1 is 1.03 bits per heavy atom. The normalized spacial score (nSPS) is 14.6. The molecule has 1 aliphatic heterocycles. The lowest BCUT2D eigenvalue weighted by atomic mass is 10.1. The molecule has 170 valence electrons. The van der Waals surface area contributed by atoms with Crippen molar-refractivity contribution in [3.05, 3.63) is 57.2 Å². The first-order valence-electron chi connectivity index (χ1n) is 10.8. The number of nitrogens with zero attached hydrogens (tertiary/aromatic N) is 2. The van der Waals surface area contributed by atoms with Gasteiger partial charge in [0.2, 0.25) is 5.91 Å². The van der Waals surface area contributed by atoms with Crippen molar-refractivity contribution in [3.63, 3.8) is 0 Å². The molecule has 0 radical (unpaired) electrons. The maximum atomic E-state index is 12.9. The number of aryl methyl sites for hydroxylation is 3. The van der Waals surface area contributed by atoms with E-state index >= 15 is 0 Å². The Balaban J connectivity index is 1.54. The van der Waals surface area contributed by atoms with Gasteiger partial charge in [-0.1, -0.05) is 17.4 Å². The number of piperidine rings is 1. The van der Waals surface area contributed by atoms with E-state index in [9.17, 15) is 18.0 Å². The van der Waals surface area contributed by atoms with Crippen LogP contribution in [0.5, 0.6) is 0 Å². The molecule has 9 heteroatoms. The van der Waals surface area contributed by atoms with Crippen molar-refractivity contribution in [1.29, 1.82) is 0 Å². The summed E-state index contributed by atoms with van der Waals surface area (Å²) in [5, 5.41) is 0. The molecule has 0 unspecified atom stereocenters. The number of nitrogens with one attached hydrogen (secondary N) is 1. The summed E-state index contributed by atoms with van der Waals surface area (Å²) < 4.78 is 30.5. The van der Waals surface area contributed by atoms with Crippen molar-refractivity contribution < 1.29 is 13.2 Å². The monoisotopic (exact) mass is 473 g/mol. The first-order chi connectivity index (χ1) is 15.2. The number of hydrogen-bond acceptors (Lipinski definition) is 5. The lowest BCUT2D eigenvalue weighted by Crippen LogP contribution is -2.36. The highest BCUT2D eigenvalue weighted by Gasteiger charge is 2.19. The van der Waals surface area contributed by atoms with Crippen LogP contribution in [-0.4, -0.2) is 36.9 Å². The number of amides is 1. The van der Waals surface area contributed by atoms with Crippen molar-refractivity contribution in [2.24, 2.45) is 0 Å². The molecule has 4 rings (SSSR count). The predicted molar refractivity (Wildman–Crippen MR) is 128 cm³/mol. The summed E-state index contributed by atoms with van der Waals surface area (Å²) in [4.78, 5) is 26.8. The van der Waals surface area contributed by atoms with Gasteiger partial charge in [-0.05, 0) is 74.6 Å². The van der Waals surface area contributed by atoms with Gasteiger partial charge in [-0.2, -0.15) is 0 Å². The van der Waals surface area contributed by atoms with Crippen molar-refractivity contribution in [1.82, 2.24) is 9.47 Å². The van der Waals surface area contributed by atoms with Gasteiger partial charge in [0.15, 0.2) is 0 Å². The van der Waals surface area contributed by atoms with Crippen LogP contribution in [0, 0.1) is 13.8 Å². The van der Waals surface area contributed by atoms with Gasteiger partial charge >= 0.3 is 4.87 Å². The maximum Gasteiger partial charge on any atom is 0.308 e. The summed E-state index contributed by atoms with van der Waals surface area (Å²) in [5.74, 6) is 0.0627. The number of fused-ring (bicyclic) bond motifs is 1. The first kappa shape index (κ1) is 22.5. The summed E-state index contributed by atoms with van der Waals surface area (Å²) in [6.45, 7) is 5.75. The highest BCUT2D eigenvalue weighted by Crippen LogP contribution is 2.24.